The van der Waals surface area contributed by atoms with Crippen molar-refractivity contribution in [1.82, 2.24) is 0 Å². The van der Waals surface area contributed by atoms with Gasteiger partial charge in [-0.3, -0.25) is 14.4 Å². The number of nitrogens with zero attached hydrogens (tertiary/aromatic N) is 1. The van der Waals surface area contributed by atoms with Gasteiger partial charge in [0.25, 0.3) is 5.91 Å². The molecule has 6 nitrogen and oxygen atoms in total. The highest BCUT2D eigenvalue weighted by molar-refractivity contribution is 6.05. The van der Waals surface area contributed by atoms with Crippen molar-refractivity contribution in [3.63, 3.8) is 0 Å². The van der Waals surface area contributed by atoms with E-state index in [2.05, 4.69) is 0 Å². The van der Waals surface area contributed by atoms with E-state index >= 15 is 0 Å². The summed E-state index contributed by atoms with van der Waals surface area (Å²) >= 11 is 0. The Morgan fingerprint density at radius 2 is 1.88 bits per heavy atom. The van der Waals surface area contributed by atoms with Crippen LogP contribution in [0.3, 0.4) is 0 Å². The molecule has 0 spiro atoms. The highest BCUT2D eigenvalue weighted by Gasteiger charge is 2.19. The van der Waals surface area contributed by atoms with Crippen LogP contribution < -0.4 is 10.6 Å². The molecule has 0 aliphatic rings. The van der Waals surface area contributed by atoms with Crippen molar-refractivity contribution in [2.45, 2.75) is 6.92 Å². The molecule has 0 aromatic heterocycles. The zero-order valence-corrected chi connectivity index (χ0v) is 9.21. The molecule has 2 amide bonds. The van der Waals surface area contributed by atoms with Crippen molar-refractivity contribution in [3.05, 3.63) is 29.8 Å². The Morgan fingerprint density at radius 1 is 1.29 bits per heavy atom. The lowest BCUT2D eigenvalue weighted by molar-refractivity contribution is -0.136. The molecular formula is C11H12N2O4. The summed E-state index contributed by atoms with van der Waals surface area (Å²) in [5.74, 6) is -2.35. The lowest BCUT2D eigenvalue weighted by Crippen LogP contribution is -2.35. The quantitative estimate of drug-likeness (QED) is 0.780. The molecule has 0 bridgehead atoms. The average molecular weight is 236 g/mol. The zero-order valence-electron chi connectivity index (χ0n) is 9.21. The van der Waals surface area contributed by atoms with E-state index in [9.17, 15) is 14.4 Å². The average Bonchev–Trinajstić information content (AvgIpc) is 2.25. The number of anilines is 1. The third-order valence-corrected chi connectivity index (χ3v) is 2.13. The number of para-hydroxylation sites is 1. The van der Waals surface area contributed by atoms with Crippen LogP contribution >= 0.6 is 0 Å². The topological polar surface area (TPSA) is 101 Å². The molecule has 6 heteroatoms. The molecule has 1 rings (SSSR count). The number of hydrogen-bond donors (Lipinski definition) is 2. The number of nitrogens with two attached hydrogens (primary N) is 1. The summed E-state index contributed by atoms with van der Waals surface area (Å²) in [6.45, 7) is 0.709. The van der Waals surface area contributed by atoms with Gasteiger partial charge < -0.3 is 15.7 Å². The van der Waals surface area contributed by atoms with Gasteiger partial charge in [-0.2, -0.15) is 0 Å². The molecule has 0 heterocycles. The van der Waals surface area contributed by atoms with E-state index in [1.807, 2.05) is 0 Å². The van der Waals surface area contributed by atoms with Crippen molar-refractivity contribution in [1.29, 1.82) is 0 Å². The highest BCUT2D eigenvalue weighted by Crippen LogP contribution is 2.19. The molecule has 3 N–H and O–H groups in total. The summed E-state index contributed by atoms with van der Waals surface area (Å²) in [7, 11) is 0. The Balaban J connectivity index is 3.22. The first-order valence-electron chi connectivity index (χ1n) is 4.82. The molecule has 0 saturated carbocycles. The smallest absolute Gasteiger partial charge is 0.323 e. The van der Waals surface area contributed by atoms with E-state index in [1.165, 1.54) is 19.1 Å². The predicted octanol–water partition coefficient (Wildman–Crippen LogP) is 0.223. The number of hydrogen-bond acceptors (Lipinski definition) is 3. The van der Waals surface area contributed by atoms with Crippen molar-refractivity contribution in [2.24, 2.45) is 5.73 Å². The van der Waals surface area contributed by atoms with Crippen LogP contribution in [-0.2, 0) is 9.59 Å². The van der Waals surface area contributed by atoms with Crippen LogP contribution in [0.1, 0.15) is 17.3 Å². The van der Waals surface area contributed by atoms with Gasteiger partial charge >= 0.3 is 5.97 Å². The molecule has 0 aliphatic heterocycles. The molecule has 0 aliphatic carbocycles. The third kappa shape index (κ3) is 3.04. The molecule has 0 atom stereocenters. The molecule has 1 aromatic rings. The standard InChI is InChI=1S/C11H12N2O4/c1-7(14)13(6-10(15)16)9-5-3-2-4-8(9)11(12)17/h2-5H,6H2,1H3,(H2,12,17)(H,15,16). The van der Waals surface area contributed by atoms with E-state index in [0.717, 1.165) is 4.90 Å². The summed E-state index contributed by atoms with van der Waals surface area (Å²) in [4.78, 5) is 34.2. The predicted molar refractivity (Wildman–Crippen MR) is 60.6 cm³/mol. The fourth-order valence-electron chi connectivity index (χ4n) is 1.42. The van der Waals surface area contributed by atoms with Gasteiger partial charge in [-0.1, -0.05) is 12.1 Å². The molecule has 0 radical (unpaired) electrons. The Kier molecular flexibility index (Phi) is 3.82. The van der Waals surface area contributed by atoms with Gasteiger partial charge in [0.15, 0.2) is 0 Å². The van der Waals surface area contributed by atoms with Gasteiger partial charge in [-0.25, -0.2) is 0 Å². The normalized spacial score (nSPS) is 9.71. The number of carboxylic acids is 1. The van der Waals surface area contributed by atoms with Crippen molar-refractivity contribution in [3.8, 4) is 0 Å². The van der Waals surface area contributed by atoms with Gasteiger partial charge in [-0.15, -0.1) is 0 Å². The maximum Gasteiger partial charge on any atom is 0.323 e. The van der Waals surface area contributed by atoms with Crippen molar-refractivity contribution in [2.75, 3.05) is 11.4 Å². The first kappa shape index (κ1) is 12.7. The Labute approximate surface area is 97.6 Å². The Hall–Kier alpha value is -2.37. The van der Waals surface area contributed by atoms with E-state index < -0.39 is 24.3 Å². The van der Waals surface area contributed by atoms with Crippen LogP contribution in [-0.4, -0.2) is 29.4 Å². The first-order valence-corrected chi connectivity index (χ1v) is 4.82. The number of aliphatic carboxylic acids is 1. The van der Waals surface area contributed by atoms with Crippen LogP contribution in [0.25, 0.3) is 0 Å². The molecule has 0 fully saturated rings. The van der Waals surface area contributed by atoms with Crippen LogP contribution in [0, 0.1) is 0 Å². The molecule has 90 valence electrons. The molecule has 17 heavy (non-hydrogen) atoms. The number of carbonyl (C=O) groups excluding carboxylic acids is 2. The molecule has 1 aromatic carbocycles. The minimum atomic E-state index is -1.17. The van der Waals surface area contributed by atoms with Crippen LogP contribution in [0.15, 0.2) is 24.3 Å². The maximum absolute atomic E-state index is 11.4. The second kappa shape index (κ2) is 5.11. The number of benzene rings is 1. The fraction of sp³-hybridized carbons (Fsp3) is 0.182. The fourth-order valence-corrected chi connectivity index (χ4v) is 1.42. The maximum atomic E-state index is 11.4. The first-order chi connectivity index (χ1) is 7.93. The van der Waals surface area contributed by atoms with E-state index in [4.69, 9.17) is 10.8 Å². The molecule has 0 saturated heterocycles. The van der Waals surface area contributed by atoms with E-state index in [1.54, 1.807) is 12.1 Å². The van der Waals surface area contributed by atoms with Gasteiger partial charge in [0.1, 0.15) is 6.54 Å². The lowest BCUT2D eigenvalue weighted by Gasteiger charge is -2.20. The summed E-state index contributed by atoms with van der Waals surface area (Å²) in [6.07, 6.45) is 0. The lowest BCUT2D eigenvalue weighted by atomic mass is 10.1. The number of carboxylic acid groups (broad SMARTS) is 1. The minimum Gasteiger partial charge on any atom is -0.480 e. The van der Waals surface area contributed by atoms with Gasteiger partial charge in [0.05, 0.1) is 11.3 Å². The summed E-state index contributed by atoms with van der Waals surface area (Å²) < 4.78 is 0. The third-order valence-electron chi connectivity index (χ3n) is 2.13. The van der Waals surface area contributed by atoms with Gasteiger partial charge in [0, 0.05) is 6.92 Å². The van der Waals surface area contributed by atoms with Crippen LogP contribution in [0.4, 0.5) is 5.69 Å². The van der Waals surface area contributed by atoms with Crippen LogP contribution in [0.5, 0.6) is 0 Å². The second-order valence-electron chi connectivity index (χ2n) is 3.38. The molecule has 0 unspecified atom stereocenters. The monoisotopic (exact) mass is 236 g/mol. The highest BCUT2D eigenvalue weighted by atomic mass is 16.4. The van der Waals surface area contributed by atoms with Gasteiger partial charge in [0.2, 0.25) is 5.91 Å². The number of amides is 2. The number of primary amides is 1. The van der Waals surface area contributed by atoms with Crippen molar-refractivity contribution >= 4 is 23.5 Å². The Bertz CT molecular complexity index is 470. The van der Waals surface area contributed by atoms with Crippen LogP contribution in [0.2, 0.25) is 0 Å². The Morgan fingerprint density at radius 3 is 2.35 bits per heavy atom. The summed E-state index contributed by atoms with van der Waals surface area (Å²) in [5, 5.41) is 8.71. The SMILES string of the molecule is CC(=O)N(CC(=O)O)c1ccccc1C(N)=O. The second-order valence-corrected chi connectivity index (χ2v) is 3.38. The van der Waals surface area contributed by atoms with Crippen molar-refractivity contribution < 1.29 is 19.5 Å². The summed E-state index contributed by atoms with van der Waals surface area (Å²) in [6, 6.07) is 6.10. The largest absolute Gasteiger partial charge is 0.480 e. The van der Waals surface area contributed by atoms with Gasteiger partial charge in [-0.05, 0) is 12.1 Å². The van der Waals surface area contributed by atoms with E-state index in [-0.39, 0.29) is 11.3 Å². The number of carbonyl (C=O) groups is 3. The summed E-state index contributed by atoms with van der Waals surface area (Å²) in [5.41, 5.74) is 5.48. The van der Waals surface area contributed by atoms with E-state index in [0.29, 0.717) is 0 Å². The zero-order chi connectivity index (χ0) is 13.0. The number of rotatable bonds is 4. The minimum absolute atomic E-state index is 0.115. The molecular weight excluding hydrogens is 224 g/mol.